The fourth-order valence-electron chi connectivity index (χ4n) is 0. The number of rotatable bonds is 0. The number of hydrogen-bond acceptors (Lipinski definition) is 0. The van der Waals surface area contributed by atoms with Crippen LogP contribution in [0.3, 0.4) is 0 Å². The van der Waals surface area contributed by atoms with Crippen LogP contribution in [-0.2, 0) is 0 Å². The van der Waals surface area contributed by atoms with Gasteiger partial charge in [-0.05, 0) is 0 Å². The van der Waals surface area contributed by atoms with Gasteiger partial charge in [0.2, 0.25) is 0 Å². The van der Waals surface area contributed by atoms with Crippen molar-refractivity contribution in [1.29, 1.82) is 0 Å². The third-order valence-electron chi connectivity index (χ3n) is 0. The van der Waals surface area contributed by atoms with Gasteiger partial charge in [-0.25, -0.2) is 0 Å². The van der Waals surface area contributed by atoms with Crippen LogP contribution in [0.15, 0.2) is 0 Å². The van der Waals surface area contributed by atoms with Crippen LogP contribution in [0.5, 0.6) is 0 Å². The minimum atomic E-state index is 0.639. The van der Waals surface area contributed by atoms with E-state index in [4.69, 9.17) is 6.79 Å². The molecule has 0 aromatic heterocycles. The van der Waals surface area contributed by atoms with Gasteiger partial charge in [-0.1, -0.05) is 0 Å². The Hall–Kier alpha value is 3.55. The quantitative estimate of drug-likeness (QED) is 0.491. The van der Waals surface area contributed by atoms with Crippen LogP contribution in [0.2, 0.25) is 0 Å². The van der Waals surface area contributed by atoms with Crippen molar-refractivity contribution in [3.8, 4) is 0 Å². The summed E-state index contributed by atoms with van der Waals surface area (Å²) in [5.74, 6) is 0. The van der Waals surface area contributed by atoms with Gasteiger partial charge in [-0.15, -0.1) is 0 Å². The molecule has 0 aromatic rings. The zero-order valence-corrected chi connectivity index (χ0v) is 10.9. The van der Waals surface area contributed by atoms with E-state index in [1.54, 1.807) is 32.9 Å². The molecule has 0 bridgehead atoms. The molecule has 4 heteroatoms. The molecule has 0 aromatic carbocycles. The second kappa shape index (κ2) is 16.0. The minimum absolute atomic E-state index is 0.639. The maximum atomic E-state index is 4.81. The molecule has 0 atom stereocenters. The first-order valence-corrected chi connectivity index (χ1v) is 12.4. The maximum absolute atomic E-state index is 4.81. The van der Waals surface area contributed by atoms with E-state index in [0.29, 0.717) is 32.3 Å². The summed E-state index contributed by atoms with van der Waals surface area (Å²) in [7, 11) is 0. The van der Waals surface area contributed by atoms with E-state index < -0.39 is 0 Å². The van der Waals surface area contributed by atoms with Crippen LogP contribution in [-0.4, -0.2) is 0 Å². The molecule has 0 fully saturated rings. The second-order valence-electron chi connectivity index (χ2n) is 0. The summed E-state index contributed by atoms with van der Waals surface area (Å²) in [4.78, 5) is 0. The predicted molar refractivity (Wildman–Crippen MR) is 19.9 cm³/mol. The molecule has 0 aliphatic heterocycles. The zero-order chi connectivity index (χ0) is 4.00. The van der Waals surface area contributed by atoms with Crippen LogP contribution < -0.4 is 0 Å². The van der Waals surface area contributed by atoms with Crippen molar-refractivity contribution in [2.45, 2.75) is 0 Å². The van der Waals surface area contributed by atoms with Gasteiger partial charge in [0.05, 0.1) is 0 Å². The fourth-order valence-corrected chi connectivity index (χ4v) is 0. The summed E-state index contributed by atoms with van der Waals surface area (Å²) in [6, 6.07) is 0. The number of hydrogen-bond donors (Lipinski definition) is 0. The predicted octanol–water partition coefficient (Wildman–Crippen LogP) is 1.58. The summed E-state index contributed by atoms with van der Waals surface area (Å²) < 4.78 is 0. The molecule has 0 saturated carbocycles. The molecular formula is ClILaSm. The molecule has 0 amide bonds. The Kier molecular flexibility index (Phi) is 42.1. The monoisotopic (exact) mass is 453 g/mol. The Labute approximate surface area is 83.3 Å². The second-order valence-corrected chi connectivity index (χ2v) is 0. The van der Waals surface area contributed by atoms with Crippen molar-refractivity contribution >= 4 is 21.1 Å². The van der Waals surface area contributed by atoms with Gasteiger partial charge in [0.25, 0.3) is 0 Å². The Morgan fingerprint density at radius 3 is 1.50 bits per heavy atom. The van der Waals surface area contributed by atoms with E-state index in [0.717, 1.165) is 0 Å². The Balaban J connectivity index is 0. The summed E-state index contributed by atoms with van der Waals surface area (Å²) in [5.41, 5.74) is 0. The topological polar surface area (TPSA) is 0 Å². The molecule has 0 spiro atoms. The van der Waals surface area contributed by atoms with Gasteiger partial charge in [0, 0.05) is 0 Å². The summed E-state index contributed by atoms with van der Waals surface area (Å²) in [6.07, 6.45) is 0. The SMILES string of the molecule is [Cl][La].[I][Sm]. The standard InChI is InChI=1S/ClH.HI.La.Sm/h2*1H;;/q;;2*+1/p-2. The Morgan fingerprint density at radius 2 is 1.50 bits per heavy atom. The van der Waals surface area contributed by atoms with E-state index >= 15 is 0 Å². The average Bonchev–Trinajstić information content (AvgIpc) is 1.50. The third kappa shape index (κ3) is 9.12. The molecule has 0 unspecified atom stereocenters. The molecule has 0 saturated heterocycles. The van der Waals surface area contributed by atoms with Crippen molar-refractivity contribution in [3.63, 3.8) is 0 Å². The van der Waals surface area contributed by atoms with Crippen LogP contribution in [0.4, 0.5) is 0 Å². The van der Waals surface area contributed by atoms with Crippen LogP contribution in [0.1, 0.15) is 0 Å². The van der Waals surface area contributed by atoms with Gasteiger partial charge in [-0.2, -0.15) is 0 Å². The van der Waals surface area contributed by atoms with E-state index in [9.17, 15) is 0 Å². The molecular weight excluding hydrogens is 452 g/mol. The normalized spacial score (nSPS) is 2.25. The molecule has 0 radical (unpaired) electrons. The van der Waals surface area contributed by atoms with Crippen molar-refractivity contribution in [1.82, 2.24) is 0 Å². The molecule has 0 aliphatic rings. The molecule has 23 valence electrons. The van der Waals surface area contributed by atoms with E-state index in [-0.39, 0.29) is 0 Å². The van der Waals surface area contributed by atoms with Crippen molar-refractivity contribution in [2.24, 2.45) is 0 Å². The summed E-state index contributed by atoms with van der Waals surface area (Å²) >= 11 is 4.43. The molecule has 0 aliphatic carbocycles. The third-order valence-corrected chi connectivity index (χ3v) is 0. The zero-order valence-electron chi connectivity index (χ0n) is 1.74. The molecule has 4 heavy (non-hydrogen) atoms. The van der Waals surface area contributed by atoms with E-state index in [2.05, 4.69) is 14.3 Å². The Bertz CT molecular complexity index is 8.00. The first-order valence-electron chi connectivity index (χ1n) is 0.373. The average molecular weight is 452 g/mol. The van der Waals surface area contributed by atoms with E-state index in [1.807, 2.05) is 0 Å². The van der Waals surface area contributed by atoms with Gasteiger partial charge in [0.15, 0.2) is 0 Å². The Morgan fingerprint density at radius 1 is 1.50 bits per heavy atom. The van der Waals surface area contributed by atoms with Gasteiger partial charge >= 0.3 is 86.3 Å². The summed E-state index contributed by atoms with van der Waals surface area (Å²) in [6.45, 7) is 4.81. The molecule has 0 heterocycles. The van der Waals surface area contributed by atoms with Crippen molar-refractivity contribution in [3.05, 3.63) is 0 Å². The number of halogens is 2. The van der Waals surface area contributed by atoms with Crippen molar-refractivity contribution < 1.29 is 65.2 Å². The van der Waals surface area contributed by atoms with Crippen molar-refractivity contribution in [2.75, 3.05) is 0 Å². The van der Waals surface area contributed by atoms with Crippen LogP contribution >= 0.6 is 21.1 Å². The first-order chi connectivity index (χ1) is 2.00. The summed E-state index contributed by atoms with van der Waals surface area (Å²) in [5, 5.41) is 0. The van der Waals surface area contributed by atoms with Gasteiger partial charge in [-0.3, -0.25) is 0 Å². The van der Waals surface area contributed by atoms with Gasteiger partial charge in [0.1, 0.15) is 0 Å². The van der Waals surface area contributed by atoms with Gasteiger partial charge < -0.3 is 0 Å². The molecule has 0 N–H and O–H groups in total. The first kappa shape index (κ1) is 10.5. The fraction of sp³-hybridized carbons (Fsp3) is 0. The van der Waals surface area contributed by atoms with E-state index in [1.165, 1.54) is 0 Å². The van der Waals surface area contributed by atoms with Crippen LogP contribution in [0.25, 0.3) is 0 Å². The molecule has 0 nitrogen and oxygen atoms in total. The van der Waals surface area contributed by atoms with Crippen LogP contribution in [0, 0.1) is 65.2 Å². The molecule has 0 rings (SSSR count).